The number of nitrogens with one attached hydrogen (secondary N) is 1. The Morgan fingerprint density at radius 2 is 1.92 bits per heavy atom. The lowest BCUT2D eigenvalue weighted by Crippen LogP contribution is -2.46. The number of benzene rings is 1. The zero-order valence-corrected chi connectivity index (χ0v) is 13.9. The normalized spacial score (nSPS) is 19.3. The van der Waals surface area contributed by atoms with Crippen LogP contribution in [0.25, 0.3) is 0 Å². The molecule has 0 bridgehead atoms. The maximum Gasteiger partial charge on any atom is 0.461 e. The van der Waals surface area contributed by atoms with Crippen LogP contribution in [-0.4, -0.2) is 43.6 Å². The smallest absolute Gasteiger partial charge is 0.428 e. The molecule has 136 valence electrons. The largest absolute Gasteiger partial charge is 0.461 e. The van der Waals surface area contributed by atoms with Crippen molar-refractivity contribution in [3.63, 3.8) is 0 Å². The molecule has 1 heterocycles. The molecule has 24 heavy (non-hydrogen) atoms. The minimum Gasteiger partial charge on any atom is -0.428 e. The van der Waals surface area contributed by atoms with Crippen molar-refractivity contribution in [1.82, 2.24) is 10.2 Å². The lowest BCUT2D eigenvalue weighted by atomic mass is 9.90. The first-order valence-corrected chi connectivity index (χ1v) is 8.25. The standard InChI is InChI=1S/C17H24F4N2O/c1-3-12(2)15(23-9-7-22-8-10-23)13-5-4-6-14(11-13)24-17(20,21)16(18)19/h4-6,11-12,15-16,22H,3,7-10H2,1-2H3/t12?,15-/m1/s1. The average Bonchev–Trinajstić information content (AvgIpc) is 2.55. The van der Waals surface area contributed by atoms with E-state index in [-0.39, 0.29) is 11.8 Å². The highest BCUT2D eigenvalue weighted by molar-refractivity contribution is 5.31. The van der Waals surface area contributed by atoms with E-state index < -0.39 is 12.5 Å². The molecule has 0 amide bonds. The van der Waals surface area contributed by atoms with Crippen molar-refractivity contribution in [1.29, 1.82) is 0 Å². The van der Waals surface area contributed by atoms with Gasteiger partial charge >= 0.3 is 12.5 Å². The fourth-order valence-electron chi connectivity index (χ4n) is 3.05. The number of hydrogen-bond donors (Lipinski definition) is 1. The second-order valence-electron chi connectivity index (χ2n) is 6.15. The van der Waals surface area contributed by atoms with Gasteiger partial charge in [0.2, 0.25) is 0 Å². The Labute approximate surface area is 140 Å². The van der Waals surface area contributed by atoms with Crippen LogP contribution in [0.3, 0.4) is 0 Å². The molecule has 1 fully saturated rings. The van der Waals surface area contributed by atoms with E-state index in [2.05, 4.69) is 28.8 Å². The summed E-state index contributed by atoms with van der Waals surface area (Å²) in [4.78, 5) is 2.30. The molecule has 0 aromatic heterocycles. The monoisotopic (exact) mass is 348 g/mol. The zero-order chi connectivity index (χ0) is 17.7. The lowest BCUT2D eigenvalue weighted by Gasteiger charge is -2.38. The topological polar surface area (TPSA) is 24.5 Å². The molecule has 3 nitrogen and oxygen atoms in total. The van der Waals surface area contributed by atoms with Gasteiger partial charge in [-0.05, 0) is 23.6 Å². The molecular weight excluding hydrogens is 324 g/mol. The molecule has 1 aromatic rings. The number of alkyl halides is 4. The number of rotatable bonds is 7. The molecule has 2 rings (SSSR count). The van der Waals surface area contributed by atoms with Crippen molar-refractivity contribution in [2.24, 2.45) is 5.92 Å². The van der Waals surface area contributed by atoms with Crippen molar-refractivity contribution in [3.05, 3.63) is 29.8 Å². The van der Waals surface area contributed by atoms with Gasteiger partial charge in [0.1, 0.15) is 5.75 Å². The molecule has 0 spiro atoms. The van der Waals surface area contributed by atoms with E-state index in [1.54, 1.807) is 6.07 Å². The van der Waals surface area contributed by atoms with Crippen molar-refractivity contribution in [2.75, 3.05) is 26.2 Å². The quantitative estimate of drug-likeness (QED) is 0.756. The van der Waals surface area contributed by atoms with Gasteiger partial charge in [0.05, 0.1) is 0 Å². The van der Waals surface area contributed by atoms with Crippen LogP contribution in [-0.2, 0) is 0 Å². The molecule has 0 radical (unpaired) electrons. The van der Waals surface area contributed by atoms with Gasteiger partial charge in [-0.15, -0.1) is 0 Å². The van der Waals surface area contributed by atoms with E-state index in [4.69, 9.17) is 0 Å². The van der Waals surface area contributed by atoms with Gasteiger partial charge in [-0.2, -0.15) is 17.6 Å². The number of nitrogens with zero attached hydrogens (tertiary/aromatic N) is 1. The number of halogens is 4. The summed E-state index contributed by atoms with van der Waals surface area (Å²) in [6.07, 6.45) is -7.42. The Hall–Kier alpha value is -1.34. The van der Waals surface area contributed by atoms with Crippen molar-refractivity contribution in [2.45, 2.75) is 38.8 Å². The molecule has 1 N–H and O–H groups in total. The minimum atomic E-state index is -4.49. The molecule has 2 atom stereocenters. The Bertz CT molecular complexity index is 521. The highest BCUT2D eigenvalue weighted by atomic mass is 19.3. The van der Waals surface area contributed by atoms with Gasteiger partial charge in [-0.25, -0.2) is 0 Å². The van der Waals surface area contributed by atoms with Crippen LogP contribution in [0.15, 0.2) is 24.3 Å². The third kappa shape index (κ3) is 4.60. The third-order valence-corrected chi connectivity index (χ3v) is 4.44. The summed E-state index contributed by atoms with van der Waals surface area (Å²) >= 11 is 0. The Balaban J connectivity index is 2.25. The Morgan fingerprint density at radius 3 is 2.50 bits per heavy atom. The summed E-state index contributed by atoms with van der Waals surface area (Å²) < 4.78 is 55.2. The second kappa shape index (κ2) is 8.16. The average molecular weight is 348 g/mol. The highest BCUT2D eigenvalue weighted by Crippen LogP contribution is 2.34. The van der Waals surface area contributed by atoms with Gasteiger partial charge in [-0.3, -0.25) is 4.90 Å². The summed E-state index contributed by atoms with van der Waals surface area (Å²) in [5.74, 6) is 0.0650. The second-order valence-corrected chi connectivity index (χ2v) is 6.15. The first-order chi connectivity index (χ1) is 11.3. The molecule has 1 saturated heterocycles. The lowest BCUT2D eigenvalue weighted by molar-refractivity contribution is -0.253. The van der Waals surface area contributed by atoms with E-state index in [0.717, 1.165) is 38.2 Å². The molecule has 0 saturated carbocycles. The van der Waals surface area contributed by atoms with Crippen LogP contribution >= 0.6 is 0 Å². The minimum absolute atomic E-state index is 0.0424. The van der Waals surface area contributed by atoms with Crippen molar-refractivity contribution >= 4 is 0 Å². The van der Waals surface area contributed by atoms with Crippen LogP contribution in [0.1, 0.15) is 31.9 Å². The van der Waals surface area contributed by atoms with Crippen LogP contribution in [0, 0.1) is 5.92 Å². The summed E-state index contributed by atoms with van der Waals surface area (Å²) in [5, 5.41) is 3.28. The molecule has 1 aliphatic heterocycles. The van der Waals surface area contributed by atoms with E-state index in [1.165, 1.54) is 12.1 Å². The third-order valence-electron chi connectivity index (χ3n) is 4.44. The molecule has 0 aliphatic carbocycles. The SMILES string of the molecule is CCC(C)[C@H](c1cccc(OC(F)(F)C(F)F)c1)N1CCNCC1. The van der Waals surface area contributed by atoms with Crippen LogP contribution in [0.5, 0.6) is 5.75 Å². The summed E-state index contributed by atoms with van der Waals surface area (Å²) in [6, 6.07) is 6.19. The van der Waals surface area contributed by atoms with Gasteiger partial charge in [0, 0.05) is 32.2 Å². The van der Waals surface area contributed by atoms with Crippen LogP contribution in [0.4, 0.5) is 17.6 Å². The number of hydrogen-bond acceptors (Lipinski definition) is 3. The van der Waals surface area contributed by atoms with E-state index in [9.17, 15) is 17.6 Å². The summed E-state index contributed by atoms with van der Waals surface area (Å²) in [5.41, 5.74) is 0.814. The van der Waals surface area contributed by atoms with Gasteiger partial charge in [0.25, 0.3) is 0 Å². The maximum atomic E-state index is 13.2. The number of piperazine rings is 1. The van der Waals surface area contributed by atoms with Gasteiger partial charge < -0.3 is 10.1 Å². The molecule has 1 unspecified atom stereocenters. The maximum absolute atomic E-state index is 13.2. The highest BCUT2D eigenvalue weighted by Gasteiger charge is 2.44. The van der Waals surface area contributed by atoms with E-state index in [0.29, 0.717) is 5.92 Å². The van der Waals surface area contributed by atoms with E-state index in [1.807, 2.05) is 6.07 Å². The zero-order valence-electron chi connectivity index (χ0n) is 13.9. The first-order valence-electron chi connectivity index (χ1n) is 8.25. The molecule has 1 aliphatic rings. The fourth-order valence-corrected chi connectivity index (χ4v) is 3.05. The van der Waals surface area contributed by atoms with E-state index >= 15 is 0 Å². The predicted octanol–water partition coefficient (Wildman–Crippen LogP) is 3.92. The summed E-state index contributed by atoms with van der Waals surface area (Å²) in [7, 11) is 0. The van der Waals surface area contributed by atoms with Crippen LogP contribution < -0.4 is 10.1 Å². The number of ether oxygens (including phenoxy) is 1. The molecular formula is C17H24F4N2O. The first kappa shape index (κ1) is 19.0. The fraction of sp³-hybridized carbons (Fsp3) is 0.647. The van der Waals surface area contributed by atoms with Crippen molar-refractivity contribution in [3.8, 4) is 5.75 Å². The Morgan fingerprint density at radius 1 is 1.25 bits per heavy atom. The predicted molar refractivity (Wildman–Crippen MR) is 84.7 cm³/mol. The van der Waals surface area contributed by atoms with Gasteiger partial charge in [-0.1, -0.05) is 32.4 Å². The van der Waals surface area contributed by atoms with Crippen molar-refractivity contribution < 1.29 is 22.3 Å². The molecule has 7 heteroatoms. The summed E-state index contributed by atoms with van der Waals surface area (Å²) in [6.45, 7) is 7.62. The molecule has 1 aromatic carbocycles. The van der Waals surface area contributed by atoms with Crippen LogP contribution in [0.2, 0.25) is 0 Å². The Kier molecular flexibility index (Phi) is 6.46. The van der Waals surface area contributed by atoms with Gasteiger partial charge in [0.15, 0.2) is 0 Å².